The van der Waals surface area contributed by atoms with Crippen LogP contribution in [0.5, 0.6) is 0 Å². The number of nitrogens with zero attached hydrogens (tertiary/aromatic N) is 3. The number of nitrogens with one attached hydrogen (secondary N) is 2. The van der Waals surface area contributed by atoms with E-state index in [1.165, 1.54) is 23.1 Å². The Kier molecular flexibility index (Phi) is 4.18. The molecule has 2 fully saturated rings. The van der Waals surface area contributed by atoms with Crippen molar-refractivity contribution < 1.29 is 9.21 Å². The van der Waals surface area contributed by atoms with E-state index in [-0.39, 0.29) is 18.5 Å². The number of carbonyl (C=O) groups excluding carboxylic acids is 1. The van der Waals surface area contributed by atoms with Crippen LogP contribution in [-0.4, -0.2) is 39.8 Å². The Labute approximate surface area is 161 Å². The molecule has 1 saturated carbocycles. The standard InChI is InChI=1S/C20H23N5O3/c26-19(12-25-16-3-1-2-4-17(16)28-20(25)27)21-14-7-9-24(10-8-14)18-11-15(22-23-18)13-5-6-13/h1-4,11,13-14H,5-10,12H2,(H,21,26)(H,22,23). The Bertz CT molecular complexity index is 1050. The highest BCUT2D eigenvalue weighted by atomic mass is 16.4. The molecule has 1 saturated heterocycles. The highest BCUT2D eigenvalue weighted by molar-refractivity contribution is 5.79. The molecule has 0 atom stereocenters. The fourth-order valence-corrected chi connectivity index (χ4v) is 3.92. The van der Waals surface area contributed by atoms with Gasteiger partial charge >= 0.3 is 5.76 Å². The van der Waals surface area contributed by atoms with Gasteiger partial charge in [-0.1, -0.05) is 12.1 Å². The van der Waals surface area contributed by atoms with E-state index in [0.29, 0.717) is 17.0 Å². The van der Waals surface area contributed by atoms with Crippen molar-refractivity contribution in [3.05, 3.63) is 46.6 Å². The van der Waals surface area contributed by atoms with Gasteiger partial charge in [-0.05, 0) is 37.8 Å². The van der Waals surface area contributed by atoms with Crippen LogP contribution in [0.15, 0.2) is 39.5 Å². The monoisotopic (exact) mass is 381 g/mol. The van der Waals surface area contributed by atoms with E-state index >= 15 is 0 Å². The van der Waals surface area contributed by atoms with Crippen LogP contribution < -0.4 is 16.0 Å². The molecule has 8 heteroatoms. The van der Waals surface area contributed by atoms with Gasteiger partial charge in [0.1, 0.15) is 6.54 Å². The summed E-state index contributed by atoms with van der Waals surface area (Å²) >= 11 is 0. The Balaban J connectivity index is 1.17. The number of rotatable bonds is 5. The molecule has 0 spiro atoms. The summed E-state index contributed by atoms with van der Waals surface area (Å²) in [4.78, 5) is 26.8. The van der Waals surface area contributed by atoms with Crippen LogP contribution in [0.1, 0.15) is 37.3 Å². The van der Waals surface area contributed by atoms with Gasteiger partial charge in [0.15, 0.2) is 11.4 Å². The summed E-state index contributed by atoms with van der Waals surface area (Å²) in [5.74, 6) is 1.00. The maximum absolute atomic E-state index is 12.5. The molecule has 8 nitrogen and oxygen atoms in total. The van der Waals surface area contributed by atoms with Crippen molar-refractivity contribution in [2.75, 3.05) is 18.0 Å². The predicted octanol–water partition coefficient (Wildman–Crippen LogP) is 1.98. The highest BCUT2D eigenvalue weighted by Gasteiger charge is 2.28. The number of hydrogen-bond donors (Lipinski definition) is 2. The van der Waals surface area contributed by atoms with Crippen molar-refractivity contribution in [3.8, 4) is 0 Å². The van der Waals surface area contributed by atoms with Crippen molar-refractivity contribution in [2.45, 2.75) is 44.2 Å². The molecule has 2 N–H and O–H groups in total. The minimum atomic E-state index is -0.504. The van der Waals surface area contributed by atoms with Gasteiger partial charge in [0.25, 0.3) is 0 Å². The molecular weight excluding hydrogens is 358 g/mol. The van der Waals surface area contributed by atoms with E-state index in [1.54, 1.807) is 18.2 Å². The number of aromatic amines is 1. The lowest BCUT2D eigenvalue weighted by atomic mass is 10.0. The molecule has 0 radical (unpaired) electrons. The van der Waals surface area contributed by atoms with Gasteiger partial charge in [0.05, 0.1) is 5.52 Å². The summed E-state index contributed by atoms with van der Waals surface area (Å²) in [6, 6.07) is 9.41. The number of benzene rings is 1. The largest absolute Gasteiger partial charge is 0.420 e. The topological polar surface area (TPSA) is 96.2 Å². The van der Waals surface area contributed by atoms with Crippen LogP contribution in [0.4, 0.5) is 5.82 Å². The number of para-hydroxylation sites is 2. The normalized spacial score (nSPS) is 17.9. The molecule has 3 aromatic rings. The van der Waals surface area contributed by atoms with Gasteiger partial charge in [-0.2, -0.15) is 5.10 Å². The minimum Gasteiger partial charge on any atom is -0.408 e. The lowest BCUT2D eigenvalue weighted by molar-refractivity contribution is -0.122. The zero-order valence-corrected chi connectivity index (χ0v) is 15.6. The SMILES string of the molecule is O=C(Cn1c(=O)oc2ccccc21)NC1CCN(c2cc(C3CC3)[nH]n2)CC1. The van der Waals surface area contributed by atoms with Gasteiger partial charge in [-0.3, -0.25) is 14.5 Å². The second-order valence-corrected chi connectivity index (χ2v) is 7.71. The van der Waals surface area contributed by atoms with Crippen molar-refractivity contribution in [1.82, 2.24) is 20.1 Å². The number of anilines is 1. The third kappa shape index (κ3) is 3.30. The van der Waals surface area contributed by atoms with Crippen LogP contribution in [0, 0.1) is 0 Å². The zero-order chi connectivity index (χ0) is 19.1. The highest BCUT2D eigenvalue weighted by Crippen LogP contribution is 2.40. The first-order valence-electron chi connectivity index (χ1n) is 9.85. The molecule has 2 aliphatic rings. The number of H-pyrrole nitrogens is 1. The average molecular weight is 381 g/mol. The summed E-state index contributed by atoms with van der Waals surface area (Å²) in [6.45, 7) is 1.68. The van der Waals surface area contributed by atoms with Crippen molar-refractivity contribution in [3.63, 3.8) is 0 Å². The molecule has 5 rings (SSSR count). The molecule has 0 unspecified atom stereocenters. The number of piperidine rings is 1. The van der Waals surface area contributed by atoms with Crippen LogP contribution >= 0.6 is 0 Å². The van der Waals surface area contributed by atoms with Crippen LogP contribution in [0.3, 0.4) is 0 Å². The van der Waals surface area contributed by atoms with E-state index in [2.05, 4.69) is 26.5 Å². The molecule has 1 aliphatic carbocycles. The van der Waals surface area contributed by atoms with Gasteiger partial charge in [-0.15, -0.1) is 0 Å². The van der Waals surface area contributed by atoms with Crippen LogP contribution in [0.25, 0.3) is 11.1 Å². The Hall–Kier alpha value is -3.03. The van der Waals surface area contributed by atoms with E-state index in [1.807, 2.05) is 6.07 Å². The average Bonchev–Trinajstić information content (AvgIpc) is 3.35. The van der Waals surface area contributed by atoms with Crippen molar-refractivity contribution in [1.29, 1.82) is 0 Å². The Morgan fingerprint density at radius 3 is 2.79 bits per heavy atom. The van der Waals surface area contributed by atoms with E-state index in [0.717, 1.165) is 31.7 Å². The molecule has 3 heterocycles. The summed E-state index contributed by atoms with van der Waals surface area (Å²) in [5.41, 5.74) is 2.38. The second kappa shape index (κ2) is 6.85. The first-order chi connectivity index (χ1) is 13.7. The zero-order valence-electron chi connectivity index (χ0n) is 15.6. The predicted molar refractivity (Wildman–Crippen MR) is 104 cm³/mol. The van der Waals surface area contributed by atoms with Crippen molar-refractivity contribution in [2.24, 2.45) is 0 Å². The van der Waals surface area contributed by atoms with E-state index < -0.39 is 5.76 Å². The number of carbonyl (C=O) groups is 1. The molecule has 1 amide bonds. The molecule has 1 aromatic carbocycles. The minimum absolute atomic E-state index is 0.0276. The maximum atomic E-state index is 12.5. The van der Waals surface area contributed by atoms with Gasteiger partial charge in [-0.25, -0.2) is 4.79 Å². The molecular formula is C20H23N5O3. The summed E-state index contributed by atoms with van der Waals surface area (Å²) in [6.07, 6.45) is 4.23. The fourth-order valence-electron chi connectivity index (χ4n) is 3.92. The van der Waals surface area contributed by atoms with E-state index in [9.17, 15) is 9.59 Å². The summed E-state index contributed by atoms with van der Waals surface area (Å²) < 4.78 is 6.56. The van der Waals surface area contributed by atoms with Gasteiger partial charge < -0.3 is 14.6 Å². The number of hydrogen-bond acceptors (Lipinski definition) is 5. The van der Waals surface area contributed by atoms with Crippen molar-refractivity contribution >= 4 is 22.8 Å². The molecule has 0 bridgehead atoms. The number of oxazole rings is 1. The Morgan fingerprint density at radius 1 is 1.21 bits per heavy atom. The fraction of sp³-hybridized carbons (Fsp3) is 0.450. The molecule has 146 valence electrons. The lowest BCUT2D eigenvalue weighted by Gasteiger charge is -2.32. The third-order valence-corrected chi connectivity index (χ3v) is 5.66. The van der Waals surface area contributed by atoms with Gasteiger partial charge in [0, 0.05) is 36.8 Å². The van der Waals surface area contributed by atoms with E-state index in [4.69, 9.17) is 4.42 Å². The first kappa shape index (κ1) is 17.1. The smallest absolute Gasteiger partial charge is 0.408 e. The summed E-state index contributed by atoms with van der Waals surface area (Å²) in [7, 11) is 0. The quantitative estimate of drug-likeness (QED) is 0.705. The third-order valence-electron chi connectivity index (χ3n) is 5.66. The lowest BCUT2D eigenvalue weighted by Crippen LogP contribution is -2.46. The number of amides is 1. The second-order valence-electron chi connectivity index (χ2n) is 7.71. The maximum Gasteiger partial charge on any atom is 0.420 e. The summed E-state index contributed by atoms with van der Waals surface area (Å²) in [5, 5.41) is 10.7. The molecule has 28 heavy (non-hydrogen) atoms. The molecule has 2 aromatic heterocycles. The first-order valence-corrected chi connectivity index (χ1v) is 9.85. The number of aromatic nitrogens is 3. The number of fused-ring (bicyclic) bond motifs is 1. The Morgan fingerprint density at radius 2 is 2.00 bits per heavy atom. The van der Waals surface area contributed by atoms with Gasteiger partial charge in [0.2, 0.25) is 5.91 Å². The van der Waals surface area contributed by atoms with Crippen LogP contribution in [0.2, 0.25) is 0 Å². The van der Waals surface area contributed by atoms with Crippen LogP contribution in [-0.2, 0) is 11.3 Å². The molecule has 1 aliphatic heterocycles.